The van der Waals surface area contributed by atoms with E-state index < -0.39 is 28.2 Å². The Labute approximate surface area is 254 Å². The molecule has 1 amide bonds. The largest absolute Gasteiger partial charge is 0.513 e. The second-order valence-electron chi connectivity index (χ2n) is 12.0. The standard InChI is InChI=1S/C30H30ClF3N4O4S/c1-29(2,3)38(28(41)42)10-4-5-17(16-38)15-37-26(39)25(43-27(37)40)22(18-7-9-24-20(11-18)14-35-36-24)12-19-6-8-21(31)13-23(19)30(32,33)34/h6-9,11,13-14,17H,4-5,10,12,15-16H2,1-3H3,(H-,35,36,39,41,42)/p+1/t17-,38?/m0/s1. The molecule has 228 valence electrons. The summed E-state index contributed by atoms with van der Waals surface area (Å²) >= 11 is 6.66. The summed E-state index contributed by atoms with van der Waals surface area (Å²) in [6.07, 6.45) is -3.04. The maximum atomic E-state index is 14.0. The van der Waals surface area contributed by atoms with Crippen molar-refractivity contribution in [2.75, 3.05) is 13.1 Å². The molecule has 2 atom stereocenters. The number of aromatic nitrogens is 1. The van der Waals surface area contributed by atoms with Crippen LogP contribution in [0.1, 0.15) is 55.2 Å². The van der Waals surface area contributed by atoms with Crippen LogP contribution in [0.5, 0.6) is 5.88 Å². The number of aromatic hydroxyl groups is 1. The number of amides is 1. The summed E-state index contributed by atoms with van der Waals surface area (Å²) in [5.74, 6) is -0.578. The van der Waals surface area contributed by atoms with Crippen LogP contribution < -0.4 is 15.4 Å². The van der Waals surface area contributed by atoms with E-state index in [1.807, 2.05) is 20.8 Å². The normalized spacial score (nSPS) is 21.0. The average Bonchev–Trinajstić information content (AvgIpc) is 3.50. The molecule has 0 spiro atoms. The fourth-order valence-corrected chi connectivity index (χ4v) is 7.20. The highest BCUT2D eigenvalue weighted by Crippen LogP contribution is 2.38. The van der Waals surface area contributed by atoms with E-state index in [2.05, 4.69) is 10.2 Å². The topological polar surface area (TPSA) is 104 Å². The molecular formula is C30H31ClF3N4O4S+. The molecule has 2 aliphatic heterocycles. The molecular weight excluding hydrogens is 605 g/mol. The van der Waals surface area contributed by atoms with Crippen molar-refractivity contribution in [1.82, 2.24) is 4.57 Å². The molecule has 2 N–H and O–H groups in total. The Kier molecular flexibility index (Phi) is 8.08. The number of hydrogen-bond acceptors (Lipinski definition) is 6. The predicted octanol–water partition coefficient (Wildman–Crippen LogP) is 5.40. The third-order valence-electron chi connectivity index (χ3n) is 8.44. The Hall–Kier alpha value is -3.48. The summed E-state index contributed by atoms with van der Waals surface area (Å²) in [5, 5.41) is 30.6. The van der Waals surface area contributed by atoms with E-state index in [-0.39, 0.29) is 51.3 Å². The van der Waals surface area contributed by atoms with E-state index in [1.54, 1.807) is 18.2 Å². The van der Waals surface area contributed by atoms with Crippen molar-refractivity contribution in [3.05, 3.63) is 83.2 Å². The quantitative estimate of drug-likeness (QED) is 0.367. The smallest absolute Gasteiger partial charge is 0.493 e. The van der Waals surface area contributed by atoms with Gasteiger partial charge in [-0.1, -0.05) is 35.1 Å². The van der Waals surface area contributed by atoms with E-state index in [0.29, 0.717) is 41.1 Å². The van der Waals surface area contributed by atoms with Crippen LogP contribution in [-0.4, -0.2) is 50.2 Å². The molecule has 1 aromatic heterocycles. The van der Waals surface area contributed by atoms with Crippen LogP contribution in [0.15, 0.2) is 51.4 Å². The van der Waals surface area contributed by atoms with Gasteiger partial charge in [-0.15, -0.1) is 0 Å². The molecule has 5 rings (SSSR count). The summed E-state index contributed by atoms with van der Waals surface area (Å²) in [4.78, 5) is 25.4. The highest BCUT2D eigenvalue weighted by Gasteiger charge is 2.51. The highest BCUT2D eigenvalue weighted by atomic mass is 35.5. The number of hydrogen-bond donors (Lipinski definition) is 2. The van der Waals surface area contributed by atoms with Gasteiger partial charge in [0.1, 0.15) is 5.54 Å². The van der Waals surface area contributed by atoms with E-state index in [9.17, 15) is 33.0 Å². The first-order chi connectivity index (χ1) is 20.1. The molecule has 13 heteroatoms. The zero-order valence-corrected chi connectivity index (χ0v) is 25.4. The van der Waals surface area contributed by atoms with Crippen LogP contribution in [-0.2, 0) is 19.1 Å². The molecule has 0 radical (unpaired) electrons. The number of likely N-dealkylation sites (tertiary alicyclic amines) is 1. The molecule has 0 saturated carbocycles. The number of carbonyl (C=O) groups is 1. The Morgan fingerprint density at radius 3 is 2.60 bits per heavy atom. The number of thiazole rings is 1. The van der Waals surface area contributed by atoms with Crippen LogP contribution in [0.4, 0.5) is 18.0 Å². The first kappa shape index (κ1) is 31.0. The maximum absolute atomic E-state index is 14.0. The summed E-state index contributed by atoms with van der Waals surface area (Å²) in [6.45, 7) is 6.44. The summed E-state index contributed by atoms with van der Waals surface area (Å²) < 4.78 is 43.1. The first-order valence-corrected chi connectivity index (χ1v) is 14.9. The third-order valence-corrected chi connectivity index (χ3v) is 9.70. The van der Waals surface area contributed by atoms with Crippen LogP contribution >= 0.6 is 22.9 Å². The number of benzene rings is 2. The minimum absolute atomic E-state index is 0.0646. The lowest BCUT2D eigenvalue weighted by Crippen LogP contribution is -2.67. The van der Waals surface area contributed by atoms with Gasteiger partial charge in [0.15, 0.2) is 0 Å². The van der Waals surface area contributed by atoms with Crippen molar-refractivity contribution in [2.45, 2.75) is 58.3 Å². The summed E-state index contributed by atoms with van der Waals surface area (Å²) in [7, 11) is 0. The van der Waals surface area contributed by atoms with Gasteiger partial charge in [-0.3, -0.25) is 9.36 Å². The summed E-state index contributed by atoms with van der Waals surface area (Å²) in [6, 6.07) is 8.60. The number of halogens is 4. The molecule has 2 aromatic carbocycles. The zero-order valence-electron chi connectivity index (χ0n) is 23.8. The minimum Gasteiger partial charge on any atom is -0.493 e. The number of alkyl halides is 3. The van der Waals surface area contributed by atoms with Gasteiger partial charge in [-0.2, -0.15) is 28.2 Å². The van der Waals surface area contributed by atoms with E-state index in [4.69, 9.17) is 11.6 Å². The number of nitrogens with zero attached hydrogens (tertiary/aromatic N) is 4. The lowest BCUT2D eigenvalue weighted by molar-refractivity contribution is -0.911. The van der Waals surface area contributed by atoms with Crippen LogP contribution in [0.25, 0.3) is 5.57 Å². The molecule has 0 aliphatic carbocycles. The van der Waals surface area contributed by atoms with E-state index >= 15 is 0 Å². The predicted molar refractivity (Wildman–Crippen MR) is 158 cm³/mol. The van der Waals surface area contributed by atoms with Gasteiger partial charge in [0, 0.05) is 29.5 Å². The van der Waals surface area contributed by atoms with Gasteiger partial charge >= 0.3 is 17.1 Å². The number of fused-ring (bicyclic) bond motifs is 1. The zero-order chi connectivity index (χ0) is 31.3. The molecule has 0 bridgehead atoms. The Morgan fingerprint density at radius 1 is 1.19 bits per heavy atom. The lowest BCUT2D eigenvalue weighted by atomic mass is 9.89. The Balaban J connectivity index is 1.61. The molecule has 2 aliphatic rings. The Morgan fingerprint density at radius 2 is 1.93 bits per heavy atom. The summed E-state index contributed by atoms with van der Waals surface area (Å²) in [5.41, 5.74) is -0.591. The van der Waals surface area contributed by atoms with Crippen molar-refractivity contribution >= 4 is 40.8 Å². The van der Waals surface area contributed by atoms with Crippen molar-refractivity contribution in [3.8, 4) is 5.88 Å². The average molecular weight is 636 g/mol. The van der Waals surface area contributed by atoms with E-state index in [0.717, 1.165) is 17.4 Å². The third kappa shape index (κ3) is 5.87. The number of quaternary nitrogens is 1. The van der Waals surface area contributed by atoms with Gasteiger partial charge in [0.05, 0.1) is 35.1 Å². The van der Waals surface area contributed by atoms with Gasteiger partial charge in [0.25, 0.3) is 0 Å². The fourth-order valence-electron chi connectivity index (χ4n) is 6.07. The second kappa shape index (κ2) is 11.2. The van der Waals surface area contributed by atoms with Gasteiger partial charge in [-0.05, 0) is 74.2 Å². The first-order valence-electron chi connectivity index (χ1n) is 13.7. The van der Waals surface area contributed by atoms with Crippen molar-refractivity contribution in [1.29, 1.82) is 0 Å². The molecule has 1 unspecified atom stereocenters. The molecule has 1 saturated heterocycles. The molecule has 1 fully saturated rings. The lowest BCUT2D eigenvalue weighted by Gasteiger charge is -2.48. The van der Waals surface area contributed by atoms with Gasteiger partial charge in [-0.25, -0.2) is 4.48 Å². The van der Waals surface area contributed by atoms with Crippen molar-refractivity contribution in [3.63, 3.8) is 0 Å². The van der Waals surface area contributed by atoms with Crippen LogP contribution in [0.3, 0.4) is 0 Å². The van der Waals surface area contributed by atoms with Crippen LogP contribution in [0, 0.1) is 5.92 Å². The van der Waals surface area contributed by atoms with Gasteiger partial charge < -0.3 is 10.2 Å². The Bertz CT molecular complexity index is 1810. The van der Waals surface area contributed by atoms with Crippen LogP contribution in [0.2, 0.25) is 5.02 Å². The molecule has 3 heterocycles. The van der Waals surface area contributed by atoms with E-state index in [1.165, 1.54) is 22.9 Å². The number of carboxylic acid groups (broad SMARTS) is 1. The minimum atomic E-state index is -4.68. The van der Waals surface area contributed by atoms with Gasteiger partial charge in [0.2, 0.25) is 5.88 Å². The number of piperidine rings is 1. The molecule has 8 nitrogen and oxygen atoms in total. The number of rotatable bonds is 5. The monoisotopic (exact) mass is 635 g/mol. The van der Waals surface area contributed by atoms with Crippen molar-refractivity contribution < 1.29 is 32.7 Å². The van der Waals surface area contributed by atoms with Crippen molar-refractivity contribution in [2.24, 2.45) is 16.1 Å². The SMILES string of the molecule is CC(C)(C)[N+]1(C(=O)O)CCC[C@@H](Cn2c(O)c(C(Cc3ccc(Cl)cc3C(F)(F)F)=c3ccc4c(c3)C=NN=4)sc2=O)C1. The highest BCUT2D eigenvalue weighted by molar-refractivity contribution is 7.10. The second-order valence-corrected chi connectivity index (χ2v) is 13.4. The molecule has 43 heavy (non-hydrogen) atoms. The fraction of sp³-hybridized carbons (Fsp3) is 0.400. The molecule has 3 aromatic rings. The maximum Gasteiger partial charge on any atom is 0.513 e.